The van der Waals surface area contributed by atoms with E-state index in [1.54, 1.807) is 18.3 Å². The number of nitrogens with one attached hydrogen (secondary N) is 1. The van der Waals surface area contributed by atoms with Crippen LogP contribution in [-0.4, -0.2) is 17.5 Å². The highest BCUT2D eigenvalue weighted by Crippen LogP contribution is 2.35. The molecule has 0 unspecified atom stereocenters. The van der Waals surface area contributed by atoms with E-state index >= 15 is 0 Å². The van der Waals surface area contributed by atoms with Gasteiger partial charge in [0.1, 0.15) is 12.4 Å². The predicted molar refractivity (Wildman–Crippen MR) is 64.5 cm³/mol. The van der Waals surface area contributed by atoms with Crippen molar-refractivity contribution in [3.63, 3.8) is 0 Å². The summed E-state index contributed by atoms with van der Waals surface area (Å²) in [6.45, 7) is 0.444. The van der Waals surface area contributed by atoms with Gasteiger partial charge in [-0.15, -0.1) is 11.6 Å². The number of rotatable bonds is 3. The smallest absolute Gasteiger partial charge is 0.130 e. The third kappa shape index (κ3) is 2.03. The fraction of sp³-hybridized carbons (Fsp3) is 0.200. The van der Waals surface area contributed by atoms with Crippen molar-refractivity contribution in [1.82, 2.24) is 4.98 Å². The van der Waals surface area contributed by atoms with Crippen LogP contribution in [0, 0.1) is 0 Å². The van der Waals surface area contributed by atoms with Crippen molar-refractivity contribution in [3.8, 4) is 5.75 Å². The summed E-state index contributed by atoms with van der Waals surface area (Å²) in [6.07, 6.45) is 1.69. The van der Waals surface area contributed by atoms with Crippen molar-refractivity contribution >= 4 is 45.7 Å². The molecule has 0 saturated heterocycles. The first-order valence-electron chi connectivity index (χ1n) is 4.38. The van der Waals surface area contributed by atoms with Crippen LogP contribution in [0.25, 0.3) is 10.9 Å². The highest BCUT2D eigenvalue weighted by molar-refractivity contribution is 6.40. The Morgan fingerprint density at radius 2 is 2.00 bits per heavy atom. The molecule has 0 saturated carbocycles. The van der Waals surface area contributed by atoms with Crippen molar-refractivity contribution in [2.75, 3.05) is 12.5 Å². The van der Waals surface area contributed by atoms with Crippen molar-refractivity contribution in [1.29, 1.82) is 0 Å². The molecule has 1 aromatic carbocycles. The van der Waals surface area contributed by atoms with Gasteiger partial charge in [-0.2, -0.15) is 0 Å². The molecule has 0 spiro atoms. The molecule has 15 heavy (non-hydrogen) atoms. The van der Waals surface area contributed by atoms with E-state index in [0.29, 0.717) is 28.3 Å². The van der Waals surface area contributed by atoms with Gasteiger partial charge < -0.3 is 9.72 Å². The minimum atomic E-state index is 0.437. The SMILES string of the molecule is ClCCOc1ccc(Cl)c2[nH]cc(Cl)c12. The number of aromatic amines is 1. The normalized spacial score (nSPS) is 10.9. The fourth-order valence-electron chi connectivity index (χ4n) is 1.41. The number of alkyl halides is 1. The van der Waals surface area contributed by atoms with Crippen molar-refractivity contribution in [3.05, 3.63) is 28.4 Å². The maximum absolute atomic E-state index is 6.03. The zero-order valence-corrected chi connectivity index (χ0v) is 9.96. The van der Waals surface area contributed by atoms with Crippen LogP contribution >= 0.6 is 34.8 Å². The van der Waals surface area contributed by atoms with Crippen LogP contribution in [0.3, 0.4) is 0 Å². The molecular weight excluding hydrogens is 256 g/mol. The Morgan fingerprint density at radius 3 is 2.73 bits per heavy atom. The minimum absolute atomic E-state index is 0.437. The average molecular weight is 265 g/mol. The van der Waals surface area contributed by atoms with Gasteiger partial charge in [0.2, 0.25) is 0 Å². The Balaban J connectivity index is 2.54. The van der Waals surface area contributed by atoms with Crippen LogP contribution in [0.15, 0.2) is 18.3 Å². The van der Waals surface area contributed by atoms with E-state index in [2.05, 4.69) is 4.98 Å². The minimum Gasteiger partial charge on any atom is -0.492 e. The van der Waals surface area contributed by atoms with E-state index in [4.69, 9.17) is 39.5 Å². The van der Waals surface area contributed by atoms with Gasteiger partial charge in [0.25, 0.3) is 0 Å². The van der Waals surface area contributed by atoms with E-state index in [1.807, 2.05) is 0 Å². The second-order valence-electron chi connectivity index (χ2n) is 2.97. The van der Waals surface area contributed by atoms with Gasteiger partial charge in [0.05, 0.1) is 26.8 Å². The monoisotopic (exact) mass is 263 g/mol. The van der Waals surface area contributed by atoms with E-state index in [0.717, 1.165) is 10.9 Å². The molecule has 0 aliphatic rings. The van der Waals surface area contributed by atoms with E-state index in [9.17, 15) is 0 Å². The third-order valence-electron chi connectivity index (χ3n) is 2.03. The van der Waals surface area contributed by atoms with Gasteiger partial charge in [-0.1, -0.05) is 23.2 Å². The van der Waals surface area contributed by atoms with Crippen LogP contribution in [0.2, 0.25) is 10.0 Å². The van der Waals surface area contributed by atoms with Crippen LogP contribution < -0.4 is 4.74 Å². The molecule has 0 fully saturated rings. The molecule has 1 heterocycles. The molecule has 5 heteroatoms. The lowest BCUT2D eigenvalue weighted by atomic mass is 10.2. The zero-order chi connectivity index (χ0) is 10.8. The average Bonchev–Trinajstić information content (AvgIpc) is 2.61. The summed E-state index contributed by atoms with van der Waals surface area (Å²) >= 11 is 17.6. The molecule has 0 aliphatic heterocycles. The van der Waals surface area contributed by atoms with Crippen LogP contribution in [0.1, 0.15) is 0 Å². The highest BCUT2D eigenvalue weighted by Gasteiger charge is 2.10. The molecule has 0 radical (unpaired) electrons. The molecule has 80 valence electrons. The summed E-state index contributed by atoms with van der Waals surface area (Å²) < 4.78 is 5.47. The maximum Gasteiger partial charge on any atom is 0.130 e. The summed E-state index contributed by atoms with van der Waals surface area (Å²) in [7, 11) is 0. The largest absolute Gasteiger partial charge is 0.492 e. The molecule has 1 N–H and O–H groups in total. The van der Waals surface area contributed by atoms with Gasteiger partial charge >= 0.3 is 0 Å². The Morgan fingerprint density at radius 1 is 1.20 bits per heavy atom. The first kappa shape index (κ1) is 10.9. The van der Waals surface area contributed by atoms with Crippen LogP contribution in [0.4, 0.5) is 0 Å². The Labute approximate surface area is 102 Å². The molecule has 0 amide bonds. The van der Waals surface area contributed by atoms with E-state index in [-0.39, 0.29) is 0 Å². The van der Waals surface area contributed by atoms with Crippen molar-refractivity contribution in [2.45, 2.75) is 0 Å². The topological polar surface area (TPSA) is 25.0 Å². The lowest BCUT2D eigenvalue weighted by molar-refractivity contribution is 0.347. The summed E-state index contributed by atoms with van der Waals surface area (Å²) in [5.41, 5.74) is 0.786. The molecule has 2 nitrogen and oxygen atoms in total. The maximum atomic E-state index is 6.03. The van der Waals surface area contributed by atoms with Crippen LogP contribution in [0.5, 0.6) is 5.75 Å². The number of hydrogen-bond acceptors (Lipinski definition) is 1. The van der Waals surface area contributed by atoms with E-state index in [1.165, 1.54) is 0 Å². The van der Waals surface area contributed by atoms with Gasteiger partial charge in [0.15, 0.2) is 0 Å². The number of fused-ring (bicyclic) bond motifs is 1. The molecule has 0 atom stereocenters. The highest BCUT2D eigenvalue weighted by atomic mass is 35.5. The summed E-state index contributed by atoms with van der Waals surface area (Å²) in [5.74, 6) is 1.13. The first-order valence-corrected chi connectivity index (χ1v) is 5.67. The quantitative estimate of drug-likeness (QED) is 0.830. The van der Waals surface area contributed by atoms with Gasteiger partial charge in [-0.3, -0.25) is 0 Å². The second kappa shape index (κ2) is 4.52. The van der Waals surface area contributed by atoms with Gasteiger partial charge in [-0.25, -0.2) is 0 Å². The number of hydrogen-bond donors (Lipinski definition) is 1. The van der Waals surface area contributed by atoms with Crippen molar-refractivity contribution < 1.29 is 4.74 Å². The molecule has 0 bridgehead atoms. The number of H-pyrrole nitrogens is 1. The Bertz CT molecular complexity index is 481. The van der Waals surface area contributed by atoms with E-state index < -0.39 is 0 Å². The summed E-state index contributed by atoms with van der Waals surface area (Å²) in [5, 5.41) is 2.02. The summed E-state index contributed by atoms with van der Waals surface area (Å²) in [4.78, 5) is 3.00. The fourth-order valence-corrected chi connectivity index (χ4v) is 1.94. The number of halogens is 3. The Hall–Kier alpha value is -0.570. The molecule has 0 aliphatic carbocycles. The van der Waals surface area contributed by atoms with Gasteiger partial charge in [0, 0.05) is 6.20 Å². The zero-order valence-electron chi connectivity index (χ0n) is 7.69. The third-order valence-corrected chi connectivity index (χ3v) is 2.80. The number of ether oxygens (including phenoxy) is 1. The second-order valence-corrected chi connectivity index (χ2v) is 4.16. The van der Waals surface area contributed by atoms with Crippen LogP contribution in [-0.2, 0) is 0 Å². The van der Waals surface area contributed by atoms with Gasteiger partial charge in [-0.05, 0) is 12.1 Å². The molecule has 1 aromatic heterocycles. The number of aromatic nitrogens is 1. The summed E-state index contributed by atoms with van der Waals surface area (Å²) in [6, 6.07) is 3.55. The Kier molecular flexibility index (Phi) is 3.29. The first-order chi connectivity index (χ1) is 7.24. The predicted octanol–water partition coefficient (Wildman–Crippen LogP) is 4.09. The lowest BCUT2D eigenvalue weighted by Crippen LogP contribution is -1.98. The lowest BCUT2D eigenvalue weighted by Gasteiger charge is -2.06. The number of benzene rings is 1. The molecule has 2 rings (SSSR count). The van der Waals surface area contributed by atoms with Crippen molar-refractivity contribution in [2.24, 2.45) is 0 Å². The standard InChI is InChI=1S/C10H8Cl3NO/c11-3-4-15-8-2-1-6(12)10-9(8)7(13)5-14-10/h1-2,5,14H,3-4H2. The molecule has 2 aromatic rings. The molecular formula is C10H8Cl3NO.